The first-order chi connectivity index (χ1) is 14.4. The predicted molar refractivity (Wildman–Crippen MR) is 115 cm³/mol. The zero-order valence-corrected chi connectivity index (χ0v) is 17.7. The van der Waals surface area contributed by atoms with E-state index in [1.54, 1.807) is 31.1 Å². The topological polar surface area (TPSA) is 40.6 Å². The third kappa shape index (κ3) is 3.73. The Balaban J connectivity index is 1.67. The Morgan fingerprint density at radius 3 is 2.37 bits per heavy atom. The van der Waals surface area contributed by atoms with Gasteiger partial charge in [0.2, 0.25) is 11.8 Å². The molecule has 0 N–H and O–H groups in total. The Kier molecular flexibility index (Phi) is 5.63. The maximum atomic E-state index is 14.5. The summed E-state index contributed by atoms with van der Waals surface area (Å²) in [4.78, 5) is 29.7. The fraction of sp³-hybridized carbons (Fsp3) is 0.440. The SMILES string of the molecule is CN(C)C(=O)[C@]1(Cc2ccccc2-c2ccccc2F)CCN(C(=O)C2CCC2)C1. The van der Waals surface area contributed by atoms with Gasteiger partial charge in [-0.15, -0.1) is 0 Å². The quantitative estimate of drug-likeness (QED) is 0.746. The Morgan fingerprint density at radius 1 is 1.07 bits per heavy atom. The molecule has 0 bridgehead atoms. The minimum atomic E-state index is -0.676. The number of carbonyl (C=O) groups excluding carboxylic acids is 2. The molecule has 1 atom stereocenters. The van der Waals surface area contributed by atoms with Crippen LogP contribution >= 0.6 is 0 Å². The highest BCUT2D eigenvalue weighted by Crippen LogP contribution is 2.40. The predicted octanol–water partition coefficient (Wildman–Crippen LogP) is 4.14. The molecule has 0 radical (unpaired) electrons. The maximum Gasteiger partial charge on any atom is 0.230 e. The van der Waals surface area contributed by atoms with E-state index in [4.69, 9.17) is 0 Å². The standard InChI is InChI=1S/C25H29FN2O2/c1-27(2)24(30)25(14-15-28(17-25)23(29)18-9-7-10-18)16-19-8-3-4-11-20(19)21-12-5-6-13-22(21)26/h3-6,8,11-13,18H,7,9-10,14-17H2,1-2H3/t25-/m0/s1. The molecule has 2 amide bonds. The largest absolute Gasteiger partial charge is 0.348 e. The molecule has 2 aliphatic rings. The van der Waals surface area contributed by atoms with Crippen LogP contribution in [0.3, 0.4) is 0 Å². The van der Waals surface area contributed by atoms with E-state index in [-0.39, 0.29) is 23.5 Å². The van der Waals surface area contributed by atoms with Crippen molar-refractivity contribution in [1.82, 2.24) is 9.80 Å². The average molecular weight is 409 g/mol. The van der Waals surface area contributed by atoms with Gasteiger partial charge in [0.1, 0.15) is 5.82 Å². The number of nitrogens with zero attached hydrogens (tertiary/aromatic N) is 2. The van der Waals surface area contributed by atoms with Gasteiger partial charge in [-0.05, 0) is 42.9 Å². The lowest BCUT2D eigenvalue weighted by Gasteiger charge is -2.33. The van der Waals surface area contributed by atoms with Crippen LogP contribution < -0.4 is 0 Å². The molecule has 1 heterocycles. The van der Waals surface area contributed by atoms with Crippen LogP contribution in [0.4, 0.5) is 4.39 Å². The lowest BCUT2D eigenvalue weighted by Crippen LogP contribution is -2.46. The van der Waals surface area contributed by atoms with Gasteiger partial charge >= 0.3 is 0 Å². The van der Waals surface area contributed by atoms with Gasteiger partial charge in [-0.3, -0.25) is 9.59 Å². The molecule has 1 saturated heterocycles. The number of benzene rings is 2. The van der Waals surface area contributed by atoms with Crippen LogP contribution in [0.25, 0.3) is 11.1 Å². The van der Waals surface area contributed by atoms with Crippen LogP contribution in [0.1, 0.15) is 31.2 Å². The van der Waals surface area contributed by atoms with Crippen molar-refractivity contribution < 1.29 is 14.0 Å². The Hall–Kier alpha value is -2.69. The second-order valence-corrected chi connectivity index (χ2v) is 8.93. The van der Waals surface area contributed by atoms with Crippen LogP contribution in [0.2, 0.25) is 0 Å². The summed E-state index contributed by atoms with van der Waals surface area (Å²) in [5.41, 5.74) is 1.62. The number of hydrogen-bond acceptors (Lipinski definition) is 2. The number of amides is 2. The summed E-state index contributed by atoms with van der Waals surface area (Å²) in [6.45, 7) is 1.04. The van der Waals surface area contributed by atoms with E-state index < -0.39 is 5.41 Å². The second-order valence-electron chi connectivity index (χ2n) is 8.93. The highest BCUT2D eigenvalue weighted by Gasteiger charge is 2.48. The number of carbonyl (C=O) groups is 2. The minimum Gasteiger partial charge on any atom is -0.348 e. The highest BCUT2D eigenvalue weighted by atomic mass is 19.1. The fourth-order valence-corrected chi connectivity index (χ4v) is 4.82. The van der Waals surface area contributed by atoms with E-state index in [9.17, 15) is 14.0 Å². The average Bonchev–Trinajstić information content (AvgIpc) is 3.12. The molecule has 1 saturated carbocycles. The van der Waals surface area contributed by atoms with Crippen LogP contribution in [-0.2, 0) is 16.0 Å². The van der Waals surface area contributed by atoms with Crippen LogP contribution in [0, 0.1) is 17.2 Å². The third-order valence-electron chi connectivity index (χ3n) is 6.69. The monoisotopic (exact) mass is 408 g/mol. The van der Waals surface area contributed by atoms with Crippen molar-refractivity contribution in [3.63, 3.8) is 0 Å². The molecule has 30 heavy (non-hydrogen) atoms. The first kappa shape index (κ1) is 20.6. The molecule has 0 unspecified atom stereocenters. The van der Waals surface area contributed by atoms with Crippen molar-refractivity contribution in [2.24, 2.45) is 11.3 Å². The van der Waals surface area contributed by atoms with Crippen molar-refractivity contribution in [1.29, 1.82) is 0 Å². The lowest BCUT2D eigenvalue weighted by atomic mass is 9.77. The van der Waals surface area contributed by atoms with E-state index in [0.29, 0.717) is 31.5 Å². The van der Waals surface area contributed by atoms with Gasteiger partial charge in [-0.2, -0.15) is 0 Å². The number of hydrogen-bond donors (Lipinski definition) is 0. The van der Waals surface area contributed by atoms with Crippen LogP contribution in [0.15, 0.2) is 48.5 Å². The van der Waals surface area contributed by atoms with Gasteiger partial charge < -0.3 is 9.80 Å². The molecule has 4 rings (SSSR count). The number of rotatable bonds is 5. The van der Waals surface area contributed by atoms with Gasteiger partial charge in [-0.25, -0.2) is 4.39 Å². The van der Waals surface area contributed by atoms with Gasteiger partial charge in [-0.1, -0.05) is 48.9 Å². The summed E-state index contributed by atoms with van der Waals surface area (Å²) >= 11 is 0. The number of halogens is 1. The molecule has 4 nitrogen and oxygen atoms in total. The molecule has 0 spiro atoms. The van der Waals surface area contributed by atoms with Crippen molar-refractivity contribution in [2.75, 3.05) is 27.2 Å². The van der Waals surface area contributed by atoms with Crippen LogP contribution in [0.5, 0.6) is 0 Å². The summed E-state index contributed by atoms with van der Waals surface area (Å²) in [5, 5.41) is 0. The molecule has 2 aromatic carbocycles. The molecule has 1 aliphatic heterocycles. The van der Waals surface area contributed by atoms with Crippen molar-refractivity contribution in [2.45, 2.75) is 32.1 Å². The normalized spacial score (nSPS) is 21.4. The zero-order valence-electron chi connectivity index (χ0n) is 17.7. The summed E-state index contributed by atoms with van der Waals surface area (Å²) in [5.74, 6) is 0.0823. The van der Waals surface area contributed by atoms with E-state index in [1.807, 2.05) is 35.2 Å². The Labute approximate surface area is 177 Å². The fourth-order valence-electron chi connectivity index (χ4n) is 4.82. The van der Waals surface area contributed by atoms with Crippen molar-refractivity contribution in [3.8, 4) is 11.1 Å². The van der Waals surface area contributed by atoms with E-state index in [1.165, 1.54) is 6.07 Å². The molecule has 2 aromatic rings. The number of likely N-dealkylation sites (tertiary alicyclic amines) is 1. The van der Waals surface area contributed by atoms with E-state index >= 15 is 0 Å². The lowest BCUT2D eigenvalue weighted by molar-refractivity contribution is -0.141. The van der Waals surface area contributed by atoms with Gasteiger partial charge in [0, 0.05) is 38.7 Å². The summed E-state index contributed by atoms with van der Waals surface area (Å²) in [7, 11) is 3.53. The van der Waals surface area contributed by atoms with E-state index in [0.717, 1.165) is 30.4 Å². The van der Waals surface area contributed by atoms with Gasteiger partial charge in [0.05, 0.1) is 5.41 Å². The van der Waals surface area contributed by atoms with Gasteiger partial charge in [0.15, 0.2) is 0 Å². The maximum absolute atomic E-state index is 14.5. The van der Waals surface area contributed by atoms with Crippen LogP contribution in [-0.4, -0.2) is 48.8 Å². The minimum absolute atomic E-state index is 0.0368. The van der Waals surface area contributed by atoms with E-state index in [2.05, 4.69) is 0 Å². The third-order valence-corrected chi connectivity index (χ3v) is 6.69. The van der Waals surface area contributed by atoms with Crippen molar-refractivity contribution in [3.05, 3.63) is 59.9 Å². The van der Waals surface area contributed by atoms with Gasteiger partial charge in [0.25, 0.3) is 0 Å². The molecular formula is C25H29FN2O2. The highest BCUT2D eigenvalue weighted by molar-refractivity contribution is 5.86. The summed E-state index contributed by atoms with van der Waals surface area (Å²) in [6, 6.07) is 14.4. The molecule has 2 fully saturated rings. The smallest absolute Gasteiger partial charge is 0.230 e. The first-order valence-corrected chi connectivity index (χ1v) is 10.7. The molecular weight excluding hydrogens is 379 g/mol. The molecule has 0 aromatic heterocycles. The molecule has 158 valence electrons. The zero-order chi connectivity index (χ0) is 21.3. The molecule has 1 aliphatic carbocycles. The second kappa shape index (κ2) is 8.21. The molecule has 5 heteroatoms. The first-order valence-electron chi connectivity index (χ1n) is 10.7. The summed E-state index contributed by atoms with van der Waals surface area (Å²) in [6.07, 6.45) is 4.15. The Morgan fingerprint density at radius 2 is 1.73 bits per heavy atom. The van der Waals surface area contributed by atoms with Crippen molar-refractivity contribution >= 4 is 11.8 Å². The summed E-state index contributed by atoms with van der Waals surface area (Å²) < 4.78 is 14.5. The Bertz CT molecular complexity index is 954.